The van der Waals surface area contributed by atoms with Gasteiger partial charge in [0.1, 0.15) is 5.01 Å². The first-order valence-electron chi connectivity index (χ1n) is 9.64. The van der Waals surface area contributed by atoms with Crippen molar-refractivity contribution in [2.45, 2.75) is 26.4 Å². The highest BCUT2D eigenvalue weighted by molar-refractivity contribution is 7.13. The second-order valence-corrected chi connectivity index (χ2v) is 7.68. The number of para-hydroxylation sites is 1. The molecule has 8 heteroatoms. The van der Waals surface area contributed by atoms with Crippen molar-refractivity contribution in [3.63, 3.8) is 0 Å². The predicted molar refractivity (Wildman–Crippen MR) is 120 cm³/mol. The van der Waals surface area contributed by atoms with Crippen molar-refractivity contribution in [1.29, 1.82) is 0 Å². The smallest absolute Gasteiger partial charge is 0.312 e. The Hall–Kier alpha value is -3.39. The first-order chi connectivity index (χ1) is 14.9. The summed E-state index contributed by atoms with van der Waals surface area (Å²) >= 11 is 1.41. The summed E-state index contributed by atoms with van der Waals surface area (Å²) in [7, 11) is 3.15. The summed E-state index contributed by atoms with van der Waals surface area (Å²) in [5, 5.41) is 5.31. The second kappa shape index (κ2) is 10.1. The van der Waals surface area contributed by atoms with Gasteiger partial charge in [-0.15, -0.1) is 11.3 Å². The van der Waals surface area contributed by atoms with E-state index in [2.05, 4.69) is 10.3 Å². The van der Waals surface area contributed by atoms with Gasteiger partial charge < -0.3 is 19.5 Å². The van der Waals surface area contributed by atoms with Crippen molar-refractivity contribution in [2.75, 3.05) is 19.5 Å². The number of esters is 1. The zero-order valence-corrected chi connectivity index (χ0v) is 18.6. The van der Waals surface area contributed by atoms with E-state index in [1.165, 1.54) is 11.3 Å². The maximum absolute atomic E-state index is 12.3. The third-order valence-corrected chi connectivity index (χ3v) is 5.53. The largest absolute Gasteiger partial charge is 0.493 e. The van der Waals surface area contributed by atoms with E-state index in [0.717, 1.165) is 16.1 Å². The van der Waals surface area contributed by atoms with Gasteiger partial charge in [-0.05, 0) is 43.7 Å². The summed E-state index contributed by atoms with van der Waals surface area (Å²) in [4.78, 5) is 29.1. The molecular weight excluding hydrogens is 416 g/mol. The molecule has 1 aromatic heterocycles. The molecule has 1 unspecified atom stereocenters. The highest BCUT2D eigenvalue weighted by atomic mass is 32.1. The quantitative estimate of drug-likeness (QED) is 0.527. The highest BCUT2D eigenvalue weighted by Crippen LogP contribution is 2.33. The monoisotopic (exact) mass is 440 g/mol. The Bertz CT molecular complexity index is 1080. The number of carbonyl (C=O) groups excluding carboxylic acids is 2. The number of hydrogen-bond acceptors (Lipinski definition) is 7. The third kappa shape index (κ3) is 5.61. The average molecular weight is 441 g/mol. The lowest BCUT2D eigenvalue weighted by atomic mass is 10.2. The number of carbonyl (C=O) groups is 2. The highest BCUT2D eigenvalue weighted by Gasteiger charge is 2.20. The lowest BCUT2D eigenvalue weighted by Gasteiger charge is -2.14. The Morgan fingerprint density at radius 1 is 1.10 bits per heavy atom. The number of amides is 1. The number of ether oxygens (including phenoxy) is 3. The zero-order valence-electron chi connectivity index (χ0n) is 17.8. The van der Waals surface area contributed by atoms with Gasteiger partial charge in [0.2, 0.25) is 0 Å². The lowest BCUT2D eigenvalue weighted by molar-refractivity contribution is -0.152. The van der Waals surface area contributed by atoms with Crippen molar-refractivity contribution >= 4 is 28.9 Å². The van der Waals surface area contributed by atoms with Gasteiger partial charge in [0.25, 0.3) is 5.91 Å². The maximum atomic E-state index is 12.3. The molecule has 1 heterocycles. The Kier molecular flexibility index (Phi) is 7.25. The maximum Gasteiger partial charge on any atom is 0.312 e. The van der Waals surface area contributed by atoms with E-state index in [0.29, 0.717) is 22.9 Å². The molecule has 1 atom stereocenters. The van der Waals surface area contributed by atoms with Crippen LogP contribution in [0.25, 0.3) is 10.6 Å². The number of aryl methyl sites for hydroxylation is 1. The fourth-order valence-corrected chi connectivity index (χ4v) is 3.69. The molecule has 162 valence electrons. The zero-order chi connectivity index (χ0) is 22.4. The van der Waals surface area contributed by atoms with Crippen LogP contribution in [0.15, 0.2) is 47.8 Å². The molecule has 0 saturated heterocycles. The average Bonchev–Trinajstić information content (AvgIpc) is 3.22. The molecule has 0 spiro atoms. The molecule has 0 aliphatic heterocycles. The molecule has 0 aliphatic carbocycles. The van der Waals surface area contributed by atoms with Gasteiger partial charge in [-0.1, -0.05) is 18.2 Å². The van der Waals surface area contributed by atoms with Crippen LogP contribution in [0.3, 0.4) is 0 Å². The number of benzene rings is 2. The molecule has 1 amide bonds. The standard InChI is InChI=1S/C23H24N2O5S/c1-14-7-5-6-8-18(14)25-22(27)15(2)30-21(26)12-17-13-31-23(24-17)16-9-10-19(28-3)20(11-16)29-4/h5-11,13,15H,12H2,1-4H3,(H,25,27). The Labute approximate surface area is 185 Å². The van der Waals surface area contributed by atoms with Gasteiger partial charge in [-0.25, -0.2) is 4.98 Å². The van der Waals surface area contributed by atoms with Gasteiger partial charge in [-0.2, -0.15) is 0 Å². The summed E-state index contributed by atoms with van der Waals surface area (Å²) in [6.45, 7) is 3.44. The van der Waals surface area contributed by atoms with Crippen LogP contribution < -0.4 is 14.8 Å². The number of methoxy groups -OCH3 is 2. The number of nitrogens with one attached hydrogen (secondary N) is 1. The molecule has 0 radical (unpaired) electrons. The van der Waals surface area contributed by atoms with Crippen LogP contribution in [-0.4, -0.2) is 37.2 Å². The number of hydrogen-bond donors (Lipinski definition) is 1. The van der Waals surface area contributed by atoms with Gasteiger partial charge >= 0.3 is 5.97 Å². The molecule has 0 fully saturated rings. The van der Waals surface area contributed by atoms with Crippen LogP contribution in [0.1, 0.15) is 18.2 Å². The van der Waals surface area contributed by atoms with Crippen LogP contribution in [-0.2, 0) is 20.7 Å². The van der Waals surface area contributed by atoms with Crippen molar-refractivity contribution in [3.8, 4) is 22.1 Å². The van der Waals surface area contributed by atoms with Crippen LogP contribution in [0.4, 0.5) is 5.69 Å². The van der Waals surface area contributed by atoms with E-state index in [4.69, 9.17) is 14.2 Å². The molecule has 31 heavy (non-hydrogen) atoms. The van der Waals surface area contributed by atoms with Crippen molar-refractivity contribution in [1.82, 2.24) is 4.98 Å². The van der Waals surface area contributed by atoms with E-state index in [1.54, 1.807) is 38.7 Å². The molecule has 7 nitrogen and oxygen atoms in total. The van der Waals surface area contributed by atoms with Crippen LogP contribution >= 0.6 is 11.3 Å². The van der Waals surface area contributed by atoms with Crippen molar-refractivity contribution in [2.24, 2.45) is 0 Å². The van der Waals surface area contributed by atoms with E-state index >= 15 is 0 Å². The first kappa shape index (κ1) is 22.3. The molecule has 1 N–H and O–H groups in total. The van der Waals surface area contributed by atoms with Gasteiger partial charge in [-0.3, -0.25) is 9.59 Å². The summed E-state index contributed by atoms with van der Waals surface area (Å²) in [6.07, 6.45) is -0.942. The summed E-state index contributed by atoms with van der Waals surface area (Å²) in [5.74, 6) is 0.331. The minimum absolute atomic E-state index is 0.0220. The fraction of sp³-hybridized carbons (Fsp3) is 0.261. The van der Waals surface area contributed by atoms with Gasteiger partial charge in [0.05, 0.1) is 26.3 Å². The van der Waals surface area contributed by atoms with Gasteiger partial charge in [0, 0.05) is 16.6 Å². The summed E-state index contributed by atoms with van der Waals surface area (Å²) in [6, 6.07) is 12.9. The van der Waals surface area contributed by atoms with Gasteiger partial charge in [0.15, 0.2) is 17.6 Å². The van der Waals surface area contributed by atoms with E-state index in [-0.39, 0.29) is 12.3 Å². The summed E-state index contributed by atoms with van der Waals surface area (Å²) in [5.41, 5.74) is 3.05. The minimum Gasteiger partial charge on any atom is -0.493 e. The molecule has 3 rings (SSSR count). The fourth-order valence-electron chi connectivity index (χ4n) is 2.88. The number of anilines is 1. The molecule has 0 aliphatic rings. The topological polar surface area (TPSA) is 86.8 Å². The van der Waals surface area contributed by atoms with E-state index in [1.807, 2.05) is 37.3 Å². The molecule has 0 saturated carbocycles. The Morgan fingerprint density at radius 3 is 2.55 bits per heavy atom. The summed E-state index contributed by atoms with van der Waals surface area (Å²) < 4.78 is 15.9. The second-order valence-electron chi connectivity index (χ2n) is 6.83. The molecule has 2 aromatic carbocycles. The van der Waals surface area contributed by atoms with Crippen LogP contribution in [0, 0.1) is 6.92 Å². The Balaban J connectivity index is 1.59. The SMILES string of the molecule is COc1ccc(-c2nc(CC(=O)OC(C)C(=O)Nc3ccccc3C)cs2)cc1OC. The van der Waals surface area contributed by atoms with Crippen LogP contribution in [0.2, 0.25) is 0 Å². The third-order valence-electron chi connectivity index (χ3n) is 4.59. The first-order valence-corrected chi connectivity index (χ1v) is 10.5. The van der Waals surface area contributed by atoms with Crippen molar-refractivity contribution < 1.29 is 23.8 Å². The Morgan fingerprint density at radius 2 is 1.84 bits per heavy atom. The predicted octanol–water partition coefficient (Wildman–Crippen LogP) is 4.25. The number of aromatic nitrogens is 1. The minimum atomic E-state index is -0.920. The molecule has 0 bridgehead atoms. The normalized spacial score (nSPS) is 11.5. The van der Waals surface area contributed by atoms with Crippen LogP contribution in [0.5, 0.6) is 11.5 Å². The van der Waals surface area contributed by atoms with Crippen molar-refractivity contribution in [3.05, 3.63) is 59.1 Å². The number of rotatable bonds is 8. The van der Waals surface area contributed by atoms with E-state index in [9.17, 15) is 9.59 Å². The van der Waals surface area contributed by atoms with E-state index < -0.39 is 12.1 Å². The molecule has 3 aromatic rings. The number of thiazole rings is 1. The number of nitrogens with zero attached hydrogens (tertiary/aromatic N) is 1. The molecular formula is C23H24N2O5S. The lowest BCUT2D eigenvalue weighted by Crippen LogP contribution is -2.30.